The zero-order valence-electron chi connectivity index (χ0n) is 18.7. The van der Waals surface area contributed by atoms with Crippen molar-refractivity contribution in [2.75, 3.05) is 6.61 Å². The van der Waals surface area contributed by atoms with E-state index in [-0.39, 0.29) is 33.7 Å². The van der Waals surface area contributed by atoms with Gasteiger partial charge >= 0.3 is 5.43 Å². The van der Waals surface area contributed by atoms with Gasteiger partial charge in [-0.25, -0.2) is 0 Å². The minimum absolute atomic E-state index is 0.0305. The SMILES string of the molecule is Cc1cc2c(O[C@@H]3O[C@H](CO)[C@@H](O)[C@H](O)[C@H]3O)c(-c3cc(O)c(O)c(O)c3)oc3cc(=[OH+])cc(o1)c32. The molecular formula is C24H23O12+. The maximum absolute atomic E-state index is 10.5. The van der Waals surface area contributed by atoms with E-state index in [0.29, 0.717) is 16.5 Å². The van der Waals surface area contributed by atoms with Crippen molar-refractivity contribution >= 4 is 21.9 Å². The van der Waals surface area contributed by atoms with Gasteiger partial charge in [-0.15, -0.1) is 0 Å². The Kier molecular flexibility index (Phi) is 5.77. The molecule has 0 saturated carbocycles. The molecule has 8 N–H and O–H groups in total. The second kappa shape index (κ2) is 8.69. The third kappa shape index (κ3) is 3.81. The van der Waals surface area contributed by atoms with E-state index in [1.54, 1.807) is 13.0 Å². The summed E-state index contributed by atoms with van der Waals surface area (Å²) in [5, 5.41) is 71.1. The molecule has 1 aliphatic heterocycles. The summed E-state index contributed by atoms with van der Waals surface area (Å²) in [5.74, 6) is -1.92. The number of rotatable bonds is 4. The van der Waals surface area contributed by atoms with Gasteiger partial charge in [0.15, 0.2) is 28.8 Å². The molecule has 12 nitrogen and oxygen atoms in total. The lowest BCUT2D eigenvalue weighted by Crippen LogP contribution is -2.60. The van der Waals surface area contributed by atoms with Crippen LogP contribution in [0.1, 0.15) is 5.76 Å². The highest BCUT2D eigenvalue weighted by Crippen LogP contribution is 2.46. The van der Waals surface area contributed by atoms with Crippen LogP contribution in [-0.2, 0) is 4.74 Å². The summed E-state index contributed by atoms with van der Waals surface area (Å²) < 4.78 is 23.2. The number of ether oxygens (including phenoxy) is 2. The molecule has 0 amide bonds. The fourth-order valence-electron chi connectivity index (χ4n) is 4.26. The van der Waals surface area contributed by atoms with Crippen molar-refractivity contribution in [3.05, 3.63) is 41.5 Å². The molecule has 0 spiro atoms. The van der Waals surface area contributed by atoms with E-state index in [0.717, 1.165) is 12.1 Å². The third-order valence-corrected chi connectivity index (χ3v) is 6.02. The zero-order chi connectivity index (χ0) is 25.9. The van der Waals surface area contributed by atoms with Gasteiger partial charge in [-0.2, -0.15) is 0 Å². The van der Waals surface area contributed by atoms with Crippen LogP contribution in [0.4, 0.5) is 0 Å². The van der Waals surface area contributed by atoms with Gasteiger partial charge in [0.1, 0.15) is 41.3 Å². The van der Waals surface area contributed by atoms with Crippen LogP contribution in [0.5, 0.6) is 23.0 Å². The molecule has 2 aromatic carbocycles. The Bertz CT molecular complexity index is 1490. The highest BCUT2D eigenvalue weighted by Gasteiger charge is 2.45. The fraction of sp³-hybridized carbons (Fsp3) is 0.292. The normalized spacial score (nSPS) is 24.4. The van der Waals surface area contributed by atoms with Crippen LogP contribution in [0.25, 0.3) is 33.3 Å². The van der Waals surface area contributed by atoms with Crippen molar-refractivity contribution in [1.29, 1.82) is 0 Å². The maximum atomic E-state index is 10.5. The van der Waals surface area contributed by atoms with Crippen molar-refractivity contribution in [1.82, 2.24) is 0 Å². The number of aromatic hydroxyl groups is 3. The van der Waals surface area contributed by atoms with E-state index in [1.807, 2.05) is 0 Å². The molecule has 1 saturated heterocycles. The number of aliphatic hydroxyl groups excluding tert-OH is 4. The molecule has 1 fully saturated rings. The van der Waals surface area contributed by atoms with Crippen molar-refractivity contribution in [2.24, 2.45) is 0 Å². The van der Waals surface area contributed by atoms with Crippen LogP contribution in [0.2, 0.25) is 0 Å². The lowest BCUT2D eigenvalue weighted by molar-refractivity contribution is -0.277. The number of benzene rings is 2. The van der Waals surface area contributed by atoms with Gasteiger partial charge in [-0.1, -0.05) is 0 Å². The molecule has 0 radical (unpaired) electrons. The molecule has 0 bridgehead atoms. The van der Waals surface area contributed by atoms with Crippen LogP contribution in [0.3, 0.4) is 0 Å². The zero-order valence-corrected chi connectivity index (χ0v) is 18.7. The second-order valence-corrected chi connectivity index (χ2v) is 8.53. The molecule has 12 heteroatoms. The van der Waals surface area contributed by atoms with Crippen LogP contribution in [-0.4, -0.2) is 77.9 Å². The lowest BCUT2D eigenvalue weighted by Gasteiger charge is -2.39. The molecule has 2 aromatic heterocycles. The van der Waals surface area contributed by atoms with Crippen molar-refractivity contribution < 1.29 is 58.8 Å². The first kappa shape index (κ1) is 23.9. The van der Waals surface area contributed by atoms with Crippen LogP contribution < -0.4 is 10.2 Å². The van der Waals surface area contributed by atoms with Gasteiger partial charge < -0.3 is 54.1 Å². The number of aryl methyl sites for hydroxylation is 1. The summed E-state index contributed by atoms with van der Waals surface area (Å²) in [6.45, 7) is 0.959. The van der Waals surface area contributed by atoms with Crippen LogP contribution in [0.15, 0.2) is 39.2 Å². The minimum atomic E-state index is -1.75. The quantitative estimate of drug-likeness (QED) is 0.150. The average Bonchev–Trinajstić information content (AvgIpc) is 2.83. The summed E-state index contributed by atoms with van der Waals surface area (Å²) in [4.78, 5) is 10.2. The average molecular weight is 503 g/mol. The smallest absolute Gasteiger partial charge is 0.347 e. The van der Waals surface area contributed by atoms with E-state index < -0.39 is 54.6 Å². The molecule has 36 heavy (non-hydrogen) atoms. The van der Waals surface area contributed by atoms with Gasteiger partial charge in [0.2, 0.25) is 6.29 Å². The Hall–Kier alpha value is -3.81. The number of hydrogen-bond acceptors (Lipinski definition) is 11. The molecule has 5 rings (SSSR count). The Balaban J connectivity index is 1.79. The van der Waals surface area contributed by atoms with E-state index >= 15 is 0 Å². The van der Waals surface area contributed by atoms with Gasteiger partial charge in [0.25, 0.3) is 0 Å². The maximum Gasteiger partial charge on any atom is 0.347 e. The Morgan fingerprint density at radius 2 is 1.53 bits per heavy atom. The van der Waals surface area contributed by atoms with E-state index in [2.05, 4.69) is 0 Å². The highest BCUT2D eigenvalue weighted by atomic mass is 16.7. The predicted octanol–water partition coefficient (Wildman–Crippen LogP) is 0.455. The van der Waals surface area contributed by atoms with Gasteiger partial charge in [-0.05, 0) is 25.1 Å². The number of aliphatic hydroxyl groups is 4. The molecule has 3 heterocycles. The number of phenolic OH excluding ortho intramolecular Hbond substituents is 3. The second-order valence-electron chi connectivity index (χ2n) is 8.53. The summed E-state index contributed by atoms with van der Waals surface area (Å²) in [6, 6.07) is 6.41. The highest BCUT2D eigenvalue weighted by molar-refractivity contribution is 6.09. The molecule has 190 valence electrons. The third-order valence-electron chi connectivity index (χ3n) is 6.02. The summed E-state index contributed by atoms with van der Waals surface area (Å²) >= 11 is 0. The van der Waals surface area contributed by atoms with Crippen LogP contribution in [0, 0.1) is 6.92 Å². The first-order valence-electron chi connectivity index (χ1n) is 10.8. The van der Waals surface area contributed by atoms with E-state index in [9.17, 15) is 40.5 Å². The largest absolute Gasteiger partial charge is 0.504 e. The molecule has 0 aliphatic carbocycles. The monoisotopic (exact) mass is 503 g/mol. The molecule has 5 atom stereocenters. The molecular weight excluding hydrogens is 480 g/mol. The number of phenols is 3. The van der Waals surface area contributed by atoms with Crippen molar-refractivity contribution in [3.8, 4) is 34.3 Å². The minimum Gasteiger partial charge on any atom is -0.504 e. The predicted molar refractivity (Wildman–Crippen MR) is 121 cm³/mol. The van der Waals surface area contributed by atoms with Gasteiger partial charge in [-0.3, -0.25) is 4.79 Å². The standard InChI is InChI=1S/C24H22O12/c1-8-2-11-17-14(33-8)5-10(26)6-15(17)34-22(9-3-12(27)18(29)13(28)4-9)23(11)36-24-21(32)20(31)19(30)16(7-25)35-24/h2-6,16,19-21,24-25,27-32H,7H2,1H3/p+1/t16-,19-,20+,21-,24+/m1/s1. The summed E-state index contributed by atoms with van der Waals surface area (Å²) in [6.07, 6.45) is -7.92. The van der Waals surface area contributed by atoms with Gasteiger partial charge in [0, 0.05) is 10.9 Å². The Morgan fingerprint density at radius 1 is 0.889 bits per heavy atom. The van der Waals surface area contributed by atoms with Crippen molar-refractivity contribution in [2.45, 2.75) is 37.6 Å². The molecule has 1 aliphatic rings. The molecule has 0 unspecified atom stereocenters. The lowest BCUT2D eigenvalue weighted by atomic mass is 9.99. The first-order chi connectivity index (χ1) is 17.1. The number of hydrogen-bond donors (Lipinski definition) is 7. The summed E-state index contributed by atoms with van der Waals surface area (Å²) in [5.41, 5.74) is 0.215. The van der Waals surface area contributed by atoms with Crippen LogP contribution >= 0.6 is 0 Å². The fourth-order valence-corrected chi connectivity index (χ4v) is 4.26. The summed E-state index contributed by atoms with van der Waals surface area (Å²) in [7, 11) is 0. The topological polar surface area (TPSA) is 208 Å². The van der Waals surface area contributed by atoms with Crippen molar-refractivity contribution in [3.63, 3.8) is 0 Å². The van der Waals surface area contributed by atoms with E-state index in [4.69, 9.17) is 18.3 Å². The first-order valence-corrected chi connectivity index (χ1v) is 10.8. The Morgan fingerprint density at radius 3 is 2.17 bits per heavy atom. The van der Waals surface area contributed by atoms with Gasteiger partial charge in [0.05, 0.1) is 24.1 Å². The Labute approximate surface area is 201 Å². The molecule has 4 aromatic rings. The van der Waals surface area contributed by atoms with E-state index in [1.165, 1.54) is 12.1 Å².